The van der Waals surface area contributed by atoms with Crippen LogP contribution in [0.3, 0.4) is 0 Å². The Morgan fingerprint density at radius 3 is 2.13 bits per heavy atom. The molecule has 1 fully saturated rings. The Labute approximate surface area is 185 Å². The molecule has 1 heterocycles. The summed E-state index contributed by atoms with van der Waals surface area (Å²) in [6.07, 6.45) is 0. The van der Waals surface area contributed by atoms with Crippen LogP contribution in [-0.2, 0) is 16.1 Å². The number of carbonyl (C=O) groups is 2. The molecule has 166 valence electrons. The van der Waals surface area contributed by atoms with E-state index in [1.54, 1.807) is 0 Å². The van der Waals surface area contributed by atoms with Crippen LogP contribution in [0, 0.1) is 27.7 Å². The van der Waals surface area contributed by atoms with Gasteiger partial charge in [-0.1, -0.05) is 47.5 Å². The van der Waals surface area contributed by atoms with Crippen LogP contribution in [0.4, 0.5) is 5.69 Å². The van der Waals surface area contributed by atoms with Crippen molar-refractivity contribution >= 4 is 17.5 Å². The zero-order chi connectivity index (χ0) is 22.4. The molecular formula is C25H34N4O2. The number of nitrogens with one attached hydrogen (secondary N) is 2. The highest BCUT2D eigenvalue weighted by Crippen LogP contribution is 2.21. The van der Waals surface area contributed by atoms with Crippen molar-refractivity contribution in [1.29, 1.82) is 0 Å². The van der Waals surface area contributed by atoms with Crippen LogP contribution in [0.5, 0.6) is 0 Å². The average molecular weight is 423 g/mol. The van der Waals surface area contributed by atoms with E-state index in [2.05, 4.69) is 51.6 Å². The van der Waals surface area contributed by atoms with Gasteiger partial charge in [0, 0.05) is 38.4 Å². The van der Waals surface area contributed by atoms with Gasteiger partial charge in [0.2, 0.25) is 11.8 Å². The molecule has 0 atom stereocenters. The lowest BCUT2D eigenvalue weighted by molar-refractivity contribution is -0.125. The lowest BCUT2D eigenvalue weighted by Gasteiger charge is -2.34. The number of rotatable bonds is 7. The molecule has 6 heteroatoms. The maximum Gasteiger partial charge on any atom is 0.243 e. The Kier molecular flexibility index (Phi) is 7.82. The van der Waals surface area contributed by atoms with Crippen molar-refractivity contribution in [1.82, 2.24) is 15.1 Å². The Balaban J connectivity index is 1.38. The number of hydrogen-bond acceptors (Lipinski definition) is 4. The van der Waals surface area contributed by atoms with Crippen LogP contribution in [0.25, 0.3) is 0 Å². The van der Waals surface area contributed by atoms with Gasteiger partial charge in [-0.2, -0.15) is 0 Å². The summed E-state index contributed by atoms with van der Waals surface area (Å²) in [5, 5.41) is 5.67. The second-order valence-electron chi connectivity index (χ2n) is 8.64. The second-order valence-corrected chi connectivity index (χ2v) is 8.64. The number of carbonyl (C=O) groups excluding carboxylic acids is 2. The molecule has 2 amide bonds. The van der Waals surface area contributed by atoms with Gasteiger partial charge in [-0.05, 0) is 44.4 Å². The van der Waals surface area contributed by atoms with Gasteiger partial charge in [-0.15, -0.1) is 0 Å². The third-order valence-corrected chi connectivity index (χ3v) is 5.71. The van der Waals surface area contributed by atoms with Gasteiger partial charge in [-0.25, -0.2) is 0 Å². The summed E-state index contributed by atoms with van der Waals surface area (Å²) in [4.78, 5) is 29.2. The average Bonchev–Trinajstić information content (AvgIpc) is 2.71. The molecule has 2 aromatic carbocycles. The first kappa shape index (κ1) is 23.0. The van der Waals surface area contributed by atoms with Gasteiger partial charge < -0.3 is 10.6 Å². The number of piperazine rings is 1. The number of hydrogen-bond donors (Lipinski definition) is 2. The van der Waals surface area contributed by atoms with Crippen molar-refractivity contribution in [2.75, 3.05) is 44.6 Å². The van der Waals surface area contributed by atoms with Crippen LogP contribution in [-0.4, -0.2) is 60.9 Å². The summed E-state index contributed by atoms with van der Waals surface area (Å²) in [5.74, 6) is -0.314. The van der Waals surface area contributed by atoms with E-state index >= 15 is 0 Å². The summed E-state index contributed by atoms with van der Waals surface area (Å²) < 4.78 is 0. The molecule has 0 radical (unpaired) electrons. The van der Waals surface area contributed by atoms with Gasteiger partial charge >= 0.3 is 0 Å². The van der Waals surface area contributed by atoms with Crippen molar-refractivity contribution in [3.63, 3.8) is 0 Å². The van der Waals surface area contributed by atoms with Gasteiger partial charge in [-0.3, -0.25) is 19.4 Å². The molecule has 1 saturated heterocycles. The molecule has 1 aliphatic rings. The topological polar surface area (TPSA) is 64.7 Å². The molecule has 1 aliphatic heterocycles. The molecule has 2 aromatic rings. The van der Waals surface area contributed by atoms with E-state index in [-0.39, 0.29) is 18.4 Å². The van der Waals surface area contributed by atoms with Crippen molar-refractivity contribution in [2.24, 2.45) is 0 Å². The quantitative estimate of drug-likeness (QED) is 0.720. The maximum atomic E-state index is 12.3. The normalized spacial score (nSPS) is 15.0. The summed E-state index contributed by atoms with van der Waals surface area (Å²) in [6.45, 7) is 13.0. The molecular weight excluding hydrogens is 388 g/mol. The molecule has 0 saturated carbocycles. The van der Waals surface area contributed by atoms with Crippen molar-refractivity contribution in [3.05, 3.63) is 64.2 Å². The zero-order valence-electron chi connectivity index (χ0n) is 19.1. The van der Waals surface area contributed by atoms with Gasteiger partial charge in [0.05, 0.1) is 13.1 Å². The molecule has 0 aliphatic carbocycles. The molecule has 6 nitrogen and oxygen atoms in total. The molecule has 3 rings (SSSR count). The summed E-state index contributed by atoms with van der Waals surface area (Å²) >= 11 is 0. The zero-order valence-corrected chi connectivity index (χ0v) is 19.1. The summed E-state index contributed by atoms with van der Waals surface area (Å²) in [7, 11) is 0. The fraction of sp³-hybridized carbons (Fsp3) is 0.440. The fourth-order valence-electron chi connectivity index (χ4n) is 4.17. The number of amides is 2. The van der Waals surface area contributed by atoms with E-state index in [9.17, 15) is 9.59 Å². The minimum absolute atomic E-state index is 0.0150. The summed E-state index contributed by atoms with van der Waals surface area (Å²) in [5.41, 5.74) is 6.66. The smallest absolute Gasteiger partial charge is 0.243 e. The molecule has 0 aromatic heterocycles. The molecule has 0 bridgehead atoms. The first-order chi connectivity index (χ1) is 14.8. The predicted molar refractivity (Wildman–Crippen MR) is 125 cm³/mol. The fourth-order valence-corrected chi connectivity index (χ4v) is 4.17. The highest BCUT2D eigenvalue weighted by atomic mass is 16.2. The van der Waals surface area contributed by atoms with E-state index in [4.69, 9.17) is 0 Å². The minimum atomic E-state index is -0.202. The third-order valence-electron chi connectivity index (χ3n) is 5.71. The highest BCUT2D eigenvalue weighted by molar-refractivity contribution is 5.96. The van der Waals surface area contributed by atoms with Gasteiger partial charge in [0.25, 0.3) is 0 Å². The minimum Gasteiger partial charge on any atom is -0.346 e. The maximum absolute atomic E-state index is 12.3. The van der Waals surface area contributed by atoms with Crippen LogP contribution < -0.4 is 10.6 Å². The number of anilines is 1. The highest BCUT2D eigenvalue weighted by Gasteiger charge is 2.19. The van der Waals surface area contributed by atoms with Crippen molar-refractivity contribution in [3.8, 4) is 0 Å². The standard InChI is InChI=1S/C25H34N4O2/c1-18-6-5-7-22(14-18)16-28-8-10-29(11-9-28)17-24(31)26-15-23(30)27-25-20(3)12-19(2)13-21(25)4/h5-7,12-14H,8-11,15-17H2,1-4H3,(H,26,31)(H,27,30). The second kappa shape index (κ2) is 10.6. The first-order valence-corrected chi connectivity index (χ1v) is 10.9. The lowest BCUT2D eigenvalue weighted by atomic mass is 10.1. The lowest BCUT2D eigenvalue weighted by Crippen LogP contribution is -2.49. The van der Waals surface area contributed by atoms with Gasteiger partial charge in [0.15, 0.2) is 0 Å². The van der Waals surface area contributed by atoms with E-state index < -0.39 is 0 Å². The van der Waals surface area contributed by atoms with Crippen LogP contribution in [0.15, 0.2) is 36.4 Å². The number of benzene rings is 2. The SMILES string of the molecule is Cc1cccc(CN2CCN(CC(=O)NCC(=O)Nc3c(C)cc(C)cc3C)CC2)c1. The van der Waals surface area contributed by atoms with E-state index in [0.29, 0.717) is 6.54 Å². The van der Waals surface area contributed by atoms with E-state index in [0.717, 1.165) is 49.5 Å². The molecule has 31 heavy (non-hydrogen) atoms. The van der Waals surface area contributed by atoms with Crippen LogP contribution in [0.1, 0.15) is 27.8 Å². The monoisotopic (exact) mass is 422 g/mol. The Morgan fingerprint density at radius 2 is 1.48 bits per heavy atom. The van der Waals surface area contributed by atoms with E-state index in [1.807, 2.05) is 32.9 Å². The number of aryl methyl sites for hydroxylation is 4. The molecule has 0 unspecified atom stereocenters. The molecule has 2 N–H and O–H groups in total. The third kappa shape index (κ3) is 6.91. The van der Waals surface area contributed by atoms with Crippen molar-refractivity contribution in [2.45, 2.75) is 34.2 Å². The van der Waals surface area contributed by atoms with Crippen LogP contribution >= 0.6 is 0 Å². The summed E-state index contributed by atoms with van der Waals surface area (Å²) in [6, 6.07) is 12.7. The number of nitrogens with zero attached hydrogens (tertiary/aromatic N) is 2. The Hall–Kier alpha value is -2.70. The van der Waals surface area contributed by atoms with Gasteiger partial charge in [0.1, 0.15) is 0 Å². The van der Waals surface area contributed by atoms with E-state index in [1.165, 1.54) is 16.7 Å². The predicted octanol–water partition coefficient (Wildman–Crippen LogP) is 2.79. The van der Waals surface area contributed by atoms with Crippen LogP contribution in [0.2, 0.25) is 0 Å². The first-order valence-electron chi connectivity index (χ1n) is 10.9. The largest absolute Gasteiger partial charge is 0.346 e. The molecule has 0 spiro atoms. The Morgan fingerprint density at radius 1 is 0.839 bits per heavy atom. The van der Waals surface area contributed by atoms with Crippen molar-refractivity contribution < 1.29 is 9.59 Å². The Bertz CT molecular complexity index is 910.